The van der Waals surface area contributed by atoms with Gasteiger partial charge in [0.2, 0.25) is 0 Å². The number of carboxylic acids is 4. The van der Waals surface area contributed by atoms with E-state index in [0.717, 1.165) is 41.5 Å². The van der Waals surface area contributed by atoms with E-state index in [-0.39, 0.29) is 59.4 Å². The van der Waals surface area contributed by atoms with Crippen molar-refractivity contribution in [3.8, 4) is 0 Å². The van der Waals surface area contributed by atoms with Crippen LogP contribution in [0.25, 0.3) is 0 Å². The van der Waals surface area contributed by atoms with Crippen molar-refractivity contribution in [2.24, 2.45) is 0 Å². The van der Waals surface area contributed by atoms with E-state index in [1.807, 2.05) is 60.7 Å². The van der Waals surface area contributed by atoms with Crippen molar-refractivity contribution < 1.29 is 48.7 Å². The highest BCUT2D eigenvalue weighted by Crippen LogP contribution is 2.36. The minimum atomic E-state index is -1.10. The molecule has 4 N–H and O–H groups in total. The average molecular weight is 1050 g/mol. The van der Waals surface area contributed by atoms with Crippen molar-refractivity contribution in [1.82, 2.24) is 60.0 Å². The smallest absolute Gasteiger partial charge is 0.358 e. The van der Waals surface area contributed by atoms with Crippen LogP contribution in [0.4, 0.5) is 4.39 Å². The highest BCUT2D eigenvalue weighted by molar-refractivity contribution is 6.31. The number of ether oxygens (including phenoxy) is 1. The molecule has 12 rings (SSSR count). The lowest BCUT2D eigenvalue weighted by atomic mass is 10.0. The maximum atomic E-state index is 12.9. The highest BCUT2D eigenvalue weighted by Gasteiger charge is 2.34. The highest BCUT2D eigenvalue weighted by atomic mass is 35.5. The number of aromatic nitrogens is 12. The molecular weight excluding hydrogens is 1010 g/mol. The maximum absolute atomic E-state index is 12.9. The topological polar surface area (TPSA) is 281 Å². The van der Waals surface area contributed by atoms with Crippen molar-refractivity contribution in [1.29, 1.82) is 0 Å². The van der Waals surface area contributed by atoms with Gasteiger partial charge in [0.15, 0.2) is 22.8 Å². The Hall–Kier alpha value is -7.92. The quantitative estimate of drug-likeness (QED) is 0.113. The van der Waals surface area contributed by atoms with Gasteiger partial charge in [0.25, 0.3) is 0 Å². The van der Waals surface area contributed by atoms with Gasteiger partial charge in [-0.3, -0.25) is 0 Å². The van der Waals surface area contributed by atoms with E-state index in [4.69, 9.17) is 60.0 Å². The Kier molecular flexibility index (Phi) is 14.7. The lowest BCUT2D eigenvalue weighted by Gasteiger charge is -2.24. The summed E-state index contributed by atoms with van der Waals surface area (Å²) in [5.41, 5.74) is 6.45. The van der Waals surface area contributed by atoms with Gasteiger partial charge >= 0.3 is 23.9 Å². The van der Waals surface area contributed by atoms with E-state index in [1.54, 1.807) is 43.0 Å². The molecule has 8 aromatic rings. The summed E-state index contributed by atoms with van der Waals surface area (Å²) in [6.07, 6.45) is 4.36. The fraction of sp³-hybridized carbons (Fsp3) is 0.250. The Bertz CT molecular complexity index is 3240. The Labute approximate surface area is 427 Å². The van der Waals surface area contributed by atoms with E-state index >= 15 is 0 Å². The average Bonchev–Trinajstić information content (AvgIpc) is 4.24. The summed E-state index contributed by atoms with van der Waals surface area (Å²) in [5.74, 6) is -4.50. The van der Waals surface area contributed by atoms with Crippen LogP contribution in [0, 0.1) is 5.82 Å². The molecule has 4 aliphatic heterocycles. The summed E-state index contributed by atoms with van der Waals surface area (Å²) in [6.45, 7) is 0.635. The summed E-state index contributed by atoms with van der Waals surface area (Å²) < 4.78 is 24.9. The van der Waals surface area contributed by atoms with Crippen LogP contribution < -0.4 is 0 Å². The normalized spacial score (nSPS) is 17.8. The van der Waals surface area contributed by atoms with Gasteiger partial charge in [-0.1, -0.05) is 110 Å². The van der Waals surface area contributed by atoms with Gasteiger partial charge < -0.3 is 25.2 Å². The third-order valence-corrected chi connectivity index (χ3v) is 13.5. The number of nitrogens with zero attached hydrogens (tertiary/aromatic N) is 12. The van der Waals surface area contributed by atoms with Crippen LogP contribution in [-0.4, -0.2) is 111 Å². The Morgan fingerprint density at radius 3 is 1.26 bits per heavy atom. The molecule has 73 heavy (non-hydrogen) atoms. The number of carboxylic acid groups (broad SMARTS) is 4. The molecule has 4 atom stereocenters. The van der Waals surface area contributed by atoms with Gasteiger partial charge in [-0.15, -0.1) is 20.4 Å². The summed E-state index contributed by atoms with van der Waals surface area (Å²) in [7, 11) is 0. The Morgan fingerprint density at radius 2 is 0.836 bits per heavy atom. The van der Waals surface area contributed by atoms with Crippen molar-refractivity contribution in [2.45, 2.75) is 69.3 Å². The number of hydrogen-bond acceptors (Lipinski definition) is 13. The molecule has 25 heteroatoms. The first-order valence-electron chi connectivity index (χ1n) is 22.5. The molecule has 21 nitrogen and oxygen atoms in total. The number of halogens is 4. The molecule has 0 saturated heterocycles. The predicted octanol–water partition coefficient (Wildman–Crippen LogP) is 7.73. The maximum Gasteiger partial charge on any atom is 0.358 e. The molecule has 0 bridgehead atoms. The van der Waals surface area contributed by atoms with Crippen LogP contribution in [0.2, 0.25) is 15.1 Å². The summed E-state index contributed by atoms with van der Waals surface area (Å²) in [6, 6.07) is 28.3. The fourth-order valence-corrected chi connectivity index (χ4v) is 9.73. The zero-order valence-corrected chi connectivity index (χ0v) is 40.2. The lowest BCUT2D eigenvalue weighted by Crippen LogP contribution is -2.26. The van der Waals surface area contributed by atoms with Crippen LogP contribution in [0.3, 0.4) is 0 Å². The first-order chi connectivity index (χ1) is 35.2. The number of hydrogen-bond donors (Lipinski definition) is 4. The van der Waals surface area contributed by atoms with E-state index in [1.165, 1.54) is 12.1 Å². The number of rotatable bonds is 8. The molecule has 0 fully saturated rings. The zero-order valence-electron chi connectivity index (χ0n) is 37.9. The molecule has 4 aromatic carbocycles. The second-order valence-corrected chi connectivity index (χ2v) is 18.2. The van der Waals surface area contributed by atoms with Crippen molar-refractivity contribution in [3.63, 3.8) is 0 Å². The molecular formula is C48H40Cl3FN12O9. The molecule has 0 spiro atoms. The second kappa shape index (κ2) is 21.4. The number of fused-ring (bicyclic) bond motifs is 4. The van der Waals surface area contributed by atoms with E-state index in [0.29, 0.717) is 63.7 Å². The monoisotopic (exact) mass is 1050 g/mol. The molecule has 0 saturated carbocycles. The van der Waals surface area contributed by atoms with Gasteiger partial charge in [-0.25, -0.2) is 42.3 Å². The minimum Gasteiger partial charge on any atom is -0.476 e. The molecule has 0 amide bonds. The molecule has 4 aliphatic rings. The van der Waals surface area contributed by atoms with Gasteiger partial charge in [0.1, 0.15) is 17.6 Å². The fourth-order valence-electron chi connectivity index (χ4n) is 9.22. The van der Waals surface area contributed by atoms with Gasteiger partial charge in [-0.2, -0.15) is 0 Å². The molecule has 374 valence electrons. The standard InChI is InChI=1S/C12H10ClN3O3.2C12H10ClN3O2.C12H10FN3O2/c13-8-3-1-7(2-4-8)9-5-19-6-10-11(12(17)18)14-15-16(9)10;13-8-3-1-7(2-4-8)9-5-6-10-11(12(17)18)14-15-16(9)10;13-8-4-2-1-3-7(8)9-5-6-10-11(12(17)18)14-15-16(9)10;13-8-3-1-7(2-4-8)9-5-6-10-11(12(17)18)14-15-16(9)10/h1-4,9H,5-6H2,(H,17,18);3*1-4,9H,5-6H2,(H,17,18). The van der Waals surface area contributed by atoms with Crippen LogP contribution >= 0.6 is 34.8 Å². The number of aromatic carboxylic acids is 4. The first-order valence-corrected chi connectivity index (χ1v) is 23.6. The summed E-state index contributed by atoms with van der Waals surface area (Å²) in [5, 5.41) is 68.5. The summed E-state index contributed by atoms with van der Waals surface area (Å²) >= 11 is 17.9. The van der Waals surface area contributed by atoms with Gasteiger partial charge in [-0.05, 0) is 103 Å². The summed E-state index contributed by atoms with van der Waals surface area (Å²) in [4.78, 5) is 43.9. The number of carbonyl (C=O) groups is 4. The Balaban J connectivity index is 0.000000120. The van der Waals surface area contributed by atoms with Gasteiger partial charge in [0.05, 0.1) is 48.4 Å². The largest absolute Gasteiger partial charge is 0.476 e. The molecule has 4 unspecified atom stereocenters. The van der Waals surface area contributed by atoms with Gasteiger partial charge in [0, 0.05) is 15.1 Å². The van der Waals surface area contributed by atoms with Crippen LogP contribution in [0.5, 0.6) is 0 Å². The second-order valence-electron chi connectivity index (χ2n) is 16.9. The van der Waals surface area contributed by atoms with Crippen LogP contribution in [0.15, 0.2) is 97.1 Å². The van der Waals surface area contributed by atoms with Crippen molar-refractivity contribution in [3.05, 3.63) is 186 Å². The Morgan fingerprint density at radius 1 is 0.479 bits per heavy atom. The van der Waals surface area contributed by atoms with Crippen LogP contribution in [0.1, 0.15) is 130 Å². The van der Waals surface area contributed by atoms with Crippen LogP contribution in [-0.2, 0) is 30.6 Å². The first kappa shape index (κ1) is 50.0. The lowest BCUT2D eigenvalue weighted by molar-refractivity contribution is 0.0584. The third-order valence-electron chi connectivity index (χ3n) is 12.7. The molecule has 0 radical (unpaired) electrons. The number of benzene rings is 4. The zero-order chi connectivity index (χ0) is 51.5. The molecule has 0 aliphatic carbocycles. The third kappa shape index (κ3) is 10.4. The van der Waals surface area contributed by atoms with E-state index < -0.39 is 23.9 Å². The van der Waals surface area contributed by atoms with Crippen molar-refractivity contribution >= 4 is 58.7 Å². The molecule has 8 heterocycles. The molecule has 4 aromatic heterocycles. The van der Waals surface area contributed by atoms with Crippen molar-refractivity contribution in [2.75, 3.05) is 6.61 Å². The predicted molar refractivity (Wildman–Crippen MR) is 256 cm³/mol. The van der Waals surface area contributed by atoms with E-state index in [9.17, 15) is 23.6 Å². The SMILES string of the molecule is O=C(O)c1nnn2c1CCC2c1ccc(Cl)cc1.O=C(O)c1nnn2c1CCC2c1ccc(F)cc1.O=C(O)c1nnn2c1CCC2c1ccccc1Cl.O=C(O)c1nnn2c1COCC2c1ccc(Cl)cc1. The van der Waals surface area contributed by atoms with E-state index in [2.05, 4.69) is 41.2 Å². The minimum absolute atomic E-state index is 0.0135.